The molecule has 0 saturated carbocycles. The minimum atomic E-state index is -1.12. The molecule has 1 aromatic carbocycles. The molecule has 6 rings (SSSR count). The number of pyridine rings is 1. The third kappa shape index (κ3) is 5.63. The van der Waals surface area contributed by atoms with Crippen molar-refractivity contribution in [2.24, 2.45) is 0 Å². The van der Waals surface area contributed by atoms with Crippen LogP contribution in [0.5, 0.6) is 5.88 Å². The summed E-state index contributed by atoms with van der Waals surface area (Å²) in [5.41, 5.74) is 3.67. The van der Waals surface area contributed by atoms with E-state index in [-0.39, 0.29) is 24.4 Å². The molecule has 9 nitrogen and oxygen atoms in total. The molecule has 0 amide bonds. The number of fused-ring (bicyclic) bond motifs is 1. The van der Waals surface area contributed by atoms with Crippen LogP contribution in [0.3, 0.4) is 0 Å². The van der Waals surface area contributed by atoms with Gasteiger partial charge in [-0.2, -0.15) is 5.10 Å². The van der Waals surface area contributed by atoms with E-state index in [0.29, 0.717) is 35.1 Å². The van der Waals surface area contributed by atoms with Gasteiger partial charge in [0, 0.05) is 53.4 Å². The normalized spacial score (nSPS) is 18.4. The second-order valence-electron chi connectivity index (χ2n) is 10.0. The Morgan fingerprint density at radius 2 is 2.03 bits per heavy atom. The van der Waals surface area contributed by atoms with Gasteiger partial charge in [0.05, 0.1) is 18.0 Å². The van der Waals surface area contributed by atoms with Gasteiger partial charge in [0.25, 0.3) is 0 Å². The van der Waals surface area contributed by atoms with Gasteiger partial charge in [-0.1, -0.05) is 23.7 Å². The van der Waals surface area contributed by atoms with Gasteiger partial charge in [-0.3, -0.25) is 4.90 Å². The van der Waals surface area contributed by atoms with Crippen LogP contribution in [0.1, 0.15) is 58.2 Å². The lowest BCUT2D eigenvalue weighted by Gasteiger charge is -2.31. The first kappa shape index (κ1) is 25.8. The molecule has 11 heteroatoms. The largest absolute Gasteiger partial charge is 0.475 e. The number of aromatic nitrogens is 3. The van der Waals surface area contributed by atoms with E-state index in [4.69, 9.17) is 30.5 Å². The first-order chi connectivity index (χ1) is 18.9. The first-order valence-electron chi connectivity index (χ1n) is 13.0. The molecule has 1 atom stereocenters. The Morgan fingerprint density at radius 1 is 1.21 bits per heavy atom. The number of carbonyl (C=O) groups is 1. The molecule has 2 saturated heterocycles. The second-order valence-corrected chi connectivity index (χ2v) is 10.5. The second kappa shape index (κ2) is 11.0. The number of hydrogen-bond acceptors (Lipinski definition) is 7. The van der Waals surface area contributed by atoms with Crippen molar-refractivity contribution in [1.82, 2.24) is 19.5 Å². The summed E-state index contributed by atoms with van der Waals surface area (Å²) in [7, 11) is 0. The molecular weight excluding hydrogens is 527 g/mol. The fourth-order valence-corrected chi connectivity index (χ4v) is 5.33. The zero-order chi connectivity index (χ0) is 26.9. The SMILES string of the molecule is O=C(O)c1cn2nc(CN3CCC(c4cccc(OCc5ccc(Cl)cc5F)n4)CC3)c(CC3CCO3)c2o1. The van der Waals surface area contributed by atoms with Crippen LogP contribution in [-0.4, -0.2) is 56.4 Å². The molecule has 2 aliphatic heterocycles. The van der Waals surface area contributed by atoms with Crippen LogP contribution in [0.2, 0.25) is 5.02 Å². The summed E-state index contributed by atoms with van der Waals surface area (Å²) in [5.74, 6) is -0.889. The van der Waals surface area contributed by atoms with E-state index in [0.717, 1.165) is 55.9 Å². The third-order valence-electron chi connectivity index (χ3n) is 7.44. The lowest BCUT2D eigenvalue weighted by molar-refractivity contribution is -0.0492. The van der Waals surface area contributed by atoms with Crippen LogP contribution >= 0.6 is 11.6 Å². The van der Waals surface area contributed by atoms with Crippen molar-refractivity contribution in [2.45, 2.75) is 50.9 Å². The summed E-state index contributed by atoms with van der Waals surface area (Å²) >= 11 is 5.83. The van der Waals surface area contributed by atoms with E-state index in [2.05, 4.69) is 10.00 Å². The van der Waals surface area contributed by atoms with Gasteiger partial charge in [0.15, 0.2) is 0 Å². The minimum Gasteiger partial charge on any atom is -0.475 e. The van der Waals surface area contributed by atoms with Crippen molar-refractivity contribution in [3.05, 3.63) is 81.7 Å². The highest BCUT2D eigenvalue weighted by atomic mass is 35.5. The van der Waals surface area contributed by atoms with E-state index < -0.39 is 11.8 Å². The highest BCUT2D eigenvalue weighted by Gasteiger charge is 2.28. The standard InChI is InChI=1S/C28H28ClFN4O5/c29-19-5-4-18(22(30)12-19)16-38-26-3-1-2-23(31-26)17-6-9-33(10-7-17)14-24-21(13-20-8-11-37-20)27-34(32-24)15-25(39-27)28(35)36/h1-5,12,15,17,20H,6-11,13-14,16H2,(H,35,36). The summed E-state index contributed by atoms with van der Waals surface area (Å²) in [6.45, 7) is 3.21. The lowest BCUT2D eigenvalue weighted by Crippen LogP contribution is -2.33. The van der Waals surface area contributed by atoms with E-state index >= 15 is 0 Å². The molecule has 2 fully saturated rings. The van der Waals surface area contributed by atoms with Crippen molar-refractivity contribution >= 4 is 23.3 Å². The summed E-state index contributed by atoms with van der Waals surface area (Å²) in [4.78, 5) is 18.4. The highest BCUT2D eigenvalue weighted by molar-refractivity contribution is 6.30. The number of oxazole rings is 1. The molecule has 0 bridgehead atoms. The molecule has 1 N–H and O–H groups in total. The predicted octanol–water partition coefficient (Wildman–Crippen LogP) is 5.10. The quantitative estimate of drug-likeness (QED) is 0.305. The fraction of sp³-hybridized carbons (Fsp3) is 0.393. The number of aromatic carboxylic acids is 1. The van der Waals surface area contributed by atoms with Crippen LogP contribution in [-0.2, 0) is 24.3 Å². The van der Waals surface area contributed by atoms with Gasteiger partial charge in [0.2, 0.25) is 17.4 Å². The molecule has 204 valence electrons. The molecule has 39 heavy (non-hydrogen) atoms. The van der Waals surface area contributed by atoms with Gasteiger partial charge in [-0.25, -0.2) is 18.7 Å². The molecule has 4 aromatic rings. The van der Waals surface area contributed by atoms with Gasteiger partial charge < -0.3 is 19.0 Å². The van der Waals surface area contributed by atoms with Crippen molar-refractivity contribution in [1.29, 1.82) is 0 Å². The third-order valence-corrected chi connectivity index (χ3v) is 7.68. The number of nitrogens with zero attached hydrogens (tertiary/aromatic N) is 4. The number of benzene rings is 1. The molecule has 3 aromatic heterocycles. The maximum absolute atomic E-state index is 14.1. The fourth-order valence-electron chi connectivity index (χ4n) is 5.17. The monoisotopic (exact) mass is 554 g/mol. The van der Waals surface area contributed by atoms with Gasteiger partial charge in [0.1, 0.15) is 12.4 Å². The summed E-state index contributed by atoms with van der Waals surface area (Å²) in [6, 6.07) is 10.2. The Labute approximate surface area is 229 Å². The van der Waals surface area contributed by atoms with Gasteiger partial charge in [-0.15, -0.1) is 0 Å². The van der Waals surface area contributed by atoms with Crippen LogP contribution in [0, 0.1) is 5.82 Å². The average Bonchev–Trinajstić information content (AvgIpc) is 3.45. The number of ether oxygens (including phenoxy) is 2. The number of hydrogen-bond donors (Lipinski definition) is 1. The van der Waals surface area contributed by atoms with Crippen molar-refractivity contribution in [3.8, 4) is 5.88 Å². The number of rotatable bonds is 9. The van der Waals surface area contributed by atoms with Crippen molar-refractivity contribution in [2.75, 3.05) is 19.7 Å². The zero-order valence-electron chi connectivity index (χ0n) is 21.2. The number of carboxylic acid groups (broad SMARTS) is 1. The topological polar surface area (TPSA) is 102 Å². The van der Waals surface area contributed by atoms with E-state index in [1.807, 2.05) is 12.1 Å². The van der Waals surface area contributed by atoms with Crippen LogP contribution in [0.4, 0.5) is 4.39 Å². The van der Waals surface area contributed by atoms with E-state index in [1.165, 1.54) is 16.8 Å². The Balaban J connectivity index is 1.09. The minimum absolute atomic E-state index is 0.0770. The smallest absolute Gasteiger partial charge is 0.373 e. The zero-order valence-corrected chi connectivity index (χ0v) is 21.9. The molecule has 2 aliphatic rings. The maximum Gasteiger partial charge on any atom is 0.373 e. The number of likely N-dealkylation sites (tertiary alicyclic amines) is 1. The summed E-state index contributed by atoms with van der Waals surface area (Å²) in [5, 5.41) is 14.3. The summed E-state index contributed by atoms with van der Waals surface area (Å²) in [6.07, 6.45) is 5.00. The van der Waals surface area contributed by atoms with Crippen molar-refractivity contribution in [3.63, 3.8) is 0 Å². The lowest BCUT2D eigenvalue weighted by atomic mass is 9.93. The molecule has 0 aliphatic carbocycles. The summed E-state index contributed by atoms with van der Waals surface area (Å²) < 4.78 is 32.6. The Morgan fingerprint density at radius 3 is 2.74 bits per heavy atom. The molecule has 0 radical (unpaired) electrons. The molecular formula is C28H28ClFN4O5. The molecule has 5 heterocycles. The van der Waals surface area contributed by atoms with E-state index in [1.54, 1.807) is 18.2 Å². The first-order valence-corrected chi connectivity index (χ1v) is 13.4. The Bertz CT molecular complexity index is 1490. The molecule has 0 spiro atoms. The number of carboxylic acids is 1. The van der Waals surface area contributed by atoms with Crippen LogP contribution in [0.25, 0.3) is 5.71 Å². The highest BCUT2D eigenvalue weighted by Crippen LogP contribution is 2.31. The van der Waals surface area contributed by atoms with Gasteiger partial charge in [-0.05, 0) is 50.6 Å². The van der Waals surface area contributed by atoms with E-state index in [9.17, 15) is 14.3 Å². The average molecular weight is 555 g/mol. The number of piperidine rings is 1. The van der Waals surface area contributed by atoms with Crippen LogP contribution < -0.4 is 4.74 Å². The van der Waals surface area contributed by atoms with Gasteiger partial charge >= 0.3 is 5.97 Å². The maximum atomic E-state index is 14.1. The molecule has 1 unspecified atom stereocenters. The van der Waals surface area contributed by atoms with Crippen LogP contribution in [0.15, 0.2) is 47.0 Å². The Kier molecular flexibility index (Phi) is 7.24. The predicted molar refractivity (Wildman–Crippen MR) is 140 cm³/mol. The van der Waals surface area contributed by atoms with Crippen molar-refractivity contribution < 1.29 is 28.2 Å². The Hall–Kier alpha value is -3.47. The number of halogens is 2.